The smallest absolute Gasteiger partial charge is 0.311 e. The highest BCUT2D eigenvalue weighted by Gasteiger charge is 2.35. The van der Waals surface area contributed by atoms with Crippen LogP contribution in [0.1, 0.15) is 49.7 Å². The van der Waals surface area contributed by atoms with Crippen LogP contribution in [0.3, 0.4) is 0 Å². The lowest BCUT2D eigenvalue weighted by Crippen LogP contribution is -2.39. The second kappa shape index (κ2) is 12.2. The Morgan fingerprint density at radius 1 is 1.04 bits per heavy atom. The number of halogens is 1. The summed E-state index contributed by atoms with van der Waals surface area (Å²) in [4.78, 5) is 25.6. The molecule has 3 aromatic carbocycles. The molecule has 0 fully saturated rings. The minimum atomic E-state index is -3.81. The molecule has 2 atom stereocenters. The lowest BCUT2D eigenvalue weighted by atomic mass is 9.97. The van der Waals surface area contributed by atoms with Gasteiger partial charge in [0.25, 0.3) is 5.91 Å². The number of carbonyl (C=O) groups is 2. The summed E-state index contributed by atoms with van der Waals surface area (Å²) >= 11 is 0. The zero-order valence-corrected chi connectivity index (χ0v) is 26.7. The molecule has 45 heavy (non-hydrogen) atoms. The Balaban J connectivity index is 1.54. The average Bonchev–Trinajstić information content (AvgIpc) is 3.29. The predicted molar refractivity (Wildman–Crippen MR) is 167 cm³/mol. The molecule has 0 radical (unpaired) electrons. The number of hydrogen-bond acceptors (Lipinski definition) is 8. The molecule has 0 saturated carbocycles. The van der Waals surface area contributed by atoms with Crippen LogP contribution in [0, 0.1) is 11.2 Å². The van der Waals surface area contributed by atoms with Gasteiger partial charge in [0, 0.05) is 29.6 Å². The van der Waals surface area contributed by atoms with Gasteiger partial charge in [0.15, 0.2) is 0 Å². The number of hydrogen-bond donors (Lipinski definition) is 1. The van der Waals surface area contributed by atoms with E-state index >= 15 is 0 Å². The molecule has 5 rings (SSSR count). The summed E-state index contributed by atoms with van der Waals surface area (Å²) in [6.07, 6.45) is -0.272. The Hall–Kier alpha value is -4.42. The maximum Gasteiger partial charge on any atom is 0.311 e. The summed E-state index contributed by atoms with van der Waals surface area (Å²) in [5.41, 5.74) is 1.28. The largest absolute Gasteiger partial charge is 0.462 e. The molecule has 0 aliphatic carbocycles. The van der Waals surface area contributed by atoms with Gasteiger partial charge >= 0.3 is 5.97 Å². The van der Waals surface area contributed by atoms with Crippen molar-refractivity contribution < 1.29 is 41.0 Å². The minimum absolute atomic E-state index is 0.0928. The second-order valence-electron chi connectivity index (χ2n) is 11.9. The van der Waals surface area contributed by atoms with E-state index in [1.807, 2.05) is 0 Å². The Morgan fingerprint density at radius 2 is 1.67 bits per heavy atom. The highest BCUT2D eigenvalue weighted by atomic mass is 32.2. The number of amides is 1. The van der Waals surface area contributed by atoms with Crippen LogP contribution in [-0.4, -0.2) is 52.9 Å². The molecule has 2 heterocycles. The van der Waals surface area contributed by atoms with Crippen molar-refractivity contribution in [3.8, 4) is 22.8 Å². The van der Waals surface area contributed by atoms with Crippen molar-refractivity contribution in [2.45, 2.75) is 39.9 Å². The van der Waals surface area contributed by atoms with Gasteiger partial charge in [0.05, 0.1) is 35.6 Å². The van der Waals surface area contributed by atoms with Gasteiger partial charge in [-0.25, -0.2) is 12.8 Å². The molecule has 0 spiro atoms. The van der Waals surface area contributed by atoms with Crippen molar-refractivity contribution in [2.24, 2.45) is 5.41 Å². The van der Waals surface area contributed by atoms with Gasteiger partial charge < -0.3 is 23.9 Å². The number of furan rings is 1. The van der Waals surface area contributed by atoms with Crippen LogP contribution < -0.4 is 14.4 Å². The molecule has 1 aliphatic rings. The summed E-state index contributed by atoms with van der Waals surface area (Å²) in [6, 6.07) is 15.8. The van der Waals surface area contributed by atoms with Crippen molar-refractivity contribution in [1.29, 1.82) is 0 Å². The Labute approximate surface area is 261 Å². The number of benzene rings is 3. The topological polar surface area (TPSA) is 124 Å². The van der Waals surface area contributed by atoms with E-state index in [1.54, 1.807) is 64.1 Å². The molecule has 0 bridgehead atoms. The zero-order chi connectivity index (χ0) is 32.7. The van der Waals surface area contributed by atoms with Crippen molar-refractivity contribution >= 4 is 38.6 Å². The lowest BCUT2D eigenvalue weighted by molar-refractivity contribution is -0.158. The van der Waals surface area contributed by atoms with Gasteiger partial charge in [-0.1, -0.05) is 0 Å². The maximum atomic E-state index is 13.3. The molecule has 0 unspecified atom stereocenters. The number of ether oxygens (including phenoxy) is 3. The van der Waals surface area contributed by atoms with E-state index in [2.05, 4.69) is 5.32 Å². The zero-order valence-electron chi connectivity index (χ0n) is 25.8. The molecule has 4 aromatic rings. The fourth-order valence-corrected chi connectivity index (χ4v) is 5.99. The minimum Gasteiger partial charge on any atom is -0.462 e. The third kappa shape index (κ3) is 6.81. The number of anilines is 1. The molecule has 1 amide bonds. The van der Waals surface area contributed by atoms with Crippen molar-refractivity contribution in [3.05, 3.63) is 77.6 Å². The lowest BCUT2D eigenvalue weighted by Gasteiger charge is -2.25. The van der Waals surface area contributed by atoms with E-state index in [0.717, 1.165) is 6.26 Å². The third-order valence-corrected chi connectivity index (χ3v) is 8.49. The van der Waals surface area contributed by atoms with Crippen LogP contribution in [-0.2, 0) is 24.3 Å². The highest BCUT2D eigenvalue weighted by molar-refractivity contribution is 7.92. The number of carbonyl (C=O) groups excluding carboxylic acids is 2. The van der Waals surface area contributed by atoms with E-state index in [0.29, 0.717) is 39.3 Å². The summed E-state index contributed by atoms with van der Waals surface area (Å²) < 4.78 is 64.3. The molecule has 0 saturated heterocycles. The van der Waals surface area contributed by atoms with Crippen molar-refractivity contribution in [2.75, 3.05) is 30.8 Å². The second-order valence-corrected chi connectivity index (χ2v) is 13.8. The van der Waals surface area contributed by atoms with E-state index in [-0.39, 0.29) is 30.3 Å². The molecule has 1 aliphatic heterocycles. The quantitative estimate of drug-likeness (QED) is 0.237. The first-order chi connectivity index (χ1) is 21.2. The first kappa shape index (κ1) is 32.0. The van der Waals surface area contributed by atoms with Gasteiger partial charge in [-0.3, -0.25) is 13.9 Å². The first-order valence-corrected chi connectivity index (χ1v) is 16.2. The van der Waals surface area contributed by atoms with E-state index < -0.39 is 39.5 Å². The SMILES string of the molecule is CNC(=O)c1c(-c2ccc(Oc3ccc(F)cc3)cc2)oc2cc3c(cc12)[C@H](C)O[C@H](COC(=O)C(C)(C)C)CN3S(C)(=O)=O. The molecule has 1 aromatic heterocycles. The van der Waals surface area contributed by atoms with Crippen LogP contribution in [0.5, 0.6) is 11.5 Å². The van der Waals surface area contributed by atoms with Gasteiger partial charge in [-0.15, -0.1) is 0 Å². The van der Waals surface area contributed by atoms with E-state index in [4.69, 9.17) is 18.6 Å². The standard InChI is InChI=1S/C33H35FN2O8S/c1-19-25-15-26-28(16-27(25)36(45(6,39)40)17-24(42-19)18-41-32(38)33(2,3)4)44-30(29(26)31(37)35-5)20-7-11-22(12-8-20)43-23-13-9-21(34)10-14-23/h7-16,19,24H,17-18H2,1-6H3,(H,35,37)/t19-,24-/m0/s1. The maximum absolute atomic E-state index is 13.3. The van der Waals surface area contributed by atoms with Crippen molar-refractivity contribution in [1.82, 2.24) is 5.32 Å². The summed E-state index contributed by atoms with van der Waals surface area (Å²) in [5.74, 6) is 0.0353. The van der Waals surface area contributed by atoms with Gasteiger partial charge in [0.2, 0.25) is 10.0 Å². The summed E-state index contributed by atoms with van der Waals surface area (Å²) in [7, 11) is -2.30. The van der Waals surface area contributed by atoms with Crippen LogP contribution in [0.25, 0.3) is 22.3 Å². The summed E-state index contributed by atoms with van der Waals surface area (Å²) in [6.45, 7) is 6.74. The third-order valence-electron chi connectivity index (χ3n) is 7.34. The van der Waals surface area contributed by atoms with Crippen LogP contribution >= 0.6 is 0 Å². The Kier molecular flexibility index (Phi) is 8.65. The number of esters is 1. The number of rotatable bonds is 7. The van der Waals surface area contributed by atoms with Crippen LogP contribution in [0.2, 0.25) is 0 Å². The highest BCUT2D eigenvalue weighted by Crippen LogP contribution is 2.42. The monoisotopic (exact) mass is 638 g/mol. The average molecular weight is 639 g/mol. The fourth-order valence-electron chi connectivity index (χ4n) is 5.04. The summed E-state index contributed by atoms with van der Waals surface area (Å²) in [5, 5.41) is 3.13. The molecular formula is C33H35FN2O8S. The van der Waals surface area contributed by atoms with E-state index in [1.165, 1.54) is 35.6 Å². The van der Waals surface area contributed by atoms with E-state index in [9.17, 15) is 22.4 Å². The predicted octanol–water partition coefficient (Wildman–Crippen LogP) is 6.21. The van der Waals surface area contributed by atoms with Gasteiger partial charge in [-0.2, -0.15) is 0 Å². The van der Waals surface area contributed by atoms with Crippen LogP contribution in [0.4, 0.5) is 10.1 Å². The normalized spacial score (nSPS) is 17.0. The number of nitrogens with one attached hydrogen (secondary N) is 1. The molecule has 238 valence electrons. The molecule has 1 N–H and O–H groups in total. The number of nitrogens with zero attached hydrogens (tertiary/aromatic N) is 1. The fraction of sp³-hybridized carbons (Fsp3) is 0.333. The Bertz CT molecular complexity index is 1840. The molecule has 12 heteroatoms. The van der Waals surface area contributed by atoms with Crippen LogP contribution in [0.15, 0.2) is 65.1 Å². The Morgan fingerprint density at radius 3 is 2.24 bits per heavy atom. The van der Waals surface area contributed by atoms with Gasteiger partial charge in [-0.05, 0) is 82.3 Å². The number of fused-ring (bicyclic) bond motifs is 2. The molecule has 10 nitrogen and oxygen atoms in total. The molecular weight excluding hydrogens is 603 g/mol. The van der Waals surface area contributed by atoms with Gasteiger partial charge in [0.1, 0.15) is 41.4 Å². The van der Waals surface area contributed by atoms with Crippen molar-refractivity contribution in [3.63, 3.8) is 0 Å². The number of sulfonamides is 1. The first-order valence-electron chi connectivity index (χ1n) is 14.3.